The van der Waals surface area contributed by atoms with Gasteiger partial charge in [0, 0.05) is 6.54 Å². The summed E-state index contributed by atoms with van der Waals surface area (Å²) < 4.78 is 0. The highest BCUT2D eigenvalue weighted by molar-refractivity contribution is 7.07. The number of nitrogens with two attached hydrogens (primary N) is 1. The van der Waals surface area contributed by atoms with Crippen molar-refractivity contribution in [2.24, 2.45) is 0 Å². The van der Waals surface area contributed by atoms with Crippen LogP contribution in [-0.2, 0) is 6.42 Å². The lowest BCUT2D eigenvalue weighted by Crippen LogP contribution is -2.06. The zero-order valence-electron chi connectivity index (χ0n) is 8.44. The smallest absolute Gasteiger partial charge is 0.0574 e. The van der Waals surface area contributed by atoms with Crippen molar-refractivity contribution in [1.29, 1.82) is 0 Å². The van der Waals surface area contributed by atoms with Crippen LogP contribution in [0.25, 0.3) is 0 Å². The predicted molar refractivity (Wildman–Crippen MR) is 67.4 cm³/mol. The van der Waals surface area contributed by atoms with Crippen molar-refractivity contribution in [2.75, 3.05) is 17.6 Å². The molecule has 2 rings (SSSR count). The molecule has 2 aromatic rings. The zero-order valence-corrected chi connectivity index (χ0v) is 9.26. The summed E-state index contributed by atoms with van der Waals surface area (Å²) in [5.41, 5.74) is 9.03. The molecule has 78 valence electrons. The second kappa shape index (κ2) is 4.84. The van der Waals surface area contributed by atoms with E-state index in [0.717, 1.165) is 24.3 Å². The molecule has 0 amide bonds. The first-order valence-electron chi connectivity index (χ1n) is 4.96. The summed E-state index contributed by atoms with van der Waals surface area (Å²) in [4.78, 5) is 0. The zero-order chi connectivity index (χ0) is 10.5. The lowest BCUT2D eigenvalue weighted by atomic mass is 10.2. The molecule has 1 aromatic heterocycles. The third kappa shape index (κ3) is 2.73. The second-order valence-electron chi connectivity index (χ2n) is 3.40. The number of thiophene rings is 1. The van der Waals surface area contributed by atoms with Gasteiger partial charge >= 0.3 is 0 Å². The molecule has 15 heavy (non-hydrogen) atoms. The van der Waals surface area contributed by atoms with Crippen molar-refractivity contribution < 1.29 is 0 Å². The number of nitrogens with one attached hydrogen (secondary N) is 1. The van der Waals surface area contributed by atoms with Gasteiger partial charge in [0.1, 0.15) is 0 Å². The van der Waals surface area contributed by atoms with E-state index in [1.807, 2.05) is 24.3 Å². The molecule has 0 fully saturated rings. The number of rotatable bonds is 4. The maximum absolute atomic E-state index is 5.82. The van der Waals surface area contributed by atoms with Gasteiger partial charge in [-0.05, 0) is 40.9 Å². The van der Waals surface area contributed by atoms with Gasteiger partial charge in [-0.1, -0.05) is 12.1 Å². The molecule has 0 saturated carbocycles. The molecule has 0 saturated heterocycles. The van der Waals surface area contributed by atoms with E-state index < -0.39 is 0 Å². The van der Waals surface area contributed by atoms with Crippen molar-refractivity contribution in [1.82, 2.24) is 0 Å². The summed E-state index contributed by atoms with van der Waals surface area (Å²) in [6.07, 6.45) is 1.04. The van der Waals surface area contributed by atoms with E-state index in [9.17, 15) is 0 Å². The lowest BCUT2D eigenvalue weighted by molar-refractivity contribution is 1.03. The summed E-state index contributed by atoms with van der Waals surface area (Å²) in [6, 6.07) is 10.00. The van der Waals surface area contributed by atoms with Gasteiger partial charge in [0.25, 0.3) is 0 Å². The fourth-order valence-corrected chi connectivity index (χ4v) is 2.14. The summed E-state index contributed by atoms with van der Waals surface area (Å²) in [7, 11) is 0. The molecule has 3 N–H and O–H groups in total. The lowest BCUT2D eigenvalue weighted by Gasteiger charge is -2.07. The van der Waals surface area contributed by atoms with Crippen molar-refractivity contribution in [3.8, 4) is 0 Å². The Balaban J connectivity index is 1.86. The fourth-order valence-electron chi connectivity index (χ4n) is 1.43. The quantitative estimate of drug-likeness (QED) is 0.774. The molecular weight excluding hydrogens is 204 g/mol. The minimum atomic E-state index is 0.808. The van der Waals surface area contributed by atoms with Gasteiger partial charge in [-0.25, -0.2) is 0 Å². The molecule has 1 heterocycles. The van der Waals surface area contributed by atoms with E-state index in [-0.39, 0.29) is 0 Å². The maximum Gasteiger partial charge on any atom is 0.0574 e. The minimum Gasteiger partial charge on any atom is -0.397 e. The van der Waals surface area contributed by atoms with Crippen LogP contribution in [-0.4, -0.2) is 6.54 Å². The average molecular weight is 218 g/mol. The molecule has 0 aliphatic carbocycles. The largest absolute Gasteiger partial charge is 0.397 e. The third-order valence-corrected chi connectivity index (χ3v) is 3.00. The Morgan fingerprint density at radius 1 is 1.20 bits per heavy atom. The summed E-state index contributed by atoms with van der Waals surface area (Å²) >= 11 is 1.74. The fraction of sp³-hybridized carbons (Fsp3) is 0.167. The molecule has 0 bridgehead atoms. The van der Waals surface area contributed by atoms with E-state index in [1.54, 1.807) is 11.3 Å². The minimum absolute atomic E-state index is 0.808. The number of para-hydroxylation sites is 2. The second-order valence-corrected chi connectivity index (χ2v) is 4.18. The highest BCUT2D eigenvalue weighted by atomic mass is 32.1. The molecule has 0 aliphatic heterocycles. The number of nitrogen functional groups attached to an aromatic ring is 1. The Morgan fingerprint density at radius 2 is 2.07 bits per heavy atom. The van der Waals surface area contributed by atoms with Crippen LogP contribution in [0.1, 0.15) is 5.56 Å². The van der Waals surface area contributed by atoms with Gasteiger partial charge in [-0.3, -0.25) is 0 Å². The number of anilines is 2. The first-order valence-corrected chi connectivity index (χ1v) is 5.90. The number of hydrogen-bond donors (Lipinski definition) is 2. The van der Waals surface area contributed by atoms with Crippen molar-refractivity contribution in [3.63, 3.8) is 0 Å². The SMILES string of the molecule is Nc1ccccc1NCCc1ccsc1. The molecule has 1 aromatic carbocycles. The van der Waals surface area contributed by atoms with E-state index in [2.05, 4.69) is 22.1 Å². The number of hydrogen-bond acceptors (Lipinski definition) is 3. The predicted octanol–water partition coefficient (Wildman–Crippen LogP) is 2.98. The van der Waals surface area contributed by atoms with Crippen LogP contribution in [0, 0.1) is 0 Å². The van der Waals surface area contributed by atoms with E-state index in [1.165, 1.54) is 5.56 Å². The summed E-state index contributed by atoms with van der Waals surface area (Å²) in [6.45, 7) is 0.922. The topological polar surface area (TPSA) is 38.0 Å². The molecule has 0 aliphatic rings. The monoisotopic (exact) mass is 218 g/mol. The van der Waals surface area contributed by atoms with Gasteiger partial charge in [0.15, 0.2) is 0 Å². The Bertz CT molecular complexity index is 409. The van der Waals surface area contributed by atoms with Crippen LogP contribution in [0.4, 0.5) is 11.4 Å². The van der Waals surface area contributed by atoms with Gasteiger partial charge in [-0.15, -0.1) is 0 Å². The van der Waals surface area contributed by atoms with Crippen LogP contribution in [0.15, 0.2) is 41.1 Å². The average Bonchev–Trinajstić information content (AvgIpc) is 2.74. The maximum atomic E-state index is 5.82. The standard InChI is InChI=1S/C12H14N2S/c13-11-3-1-2-4-12(11)14-7-5-10-6-8-15-9-10/h1-4,6,8-9,14H,5,7,13H2. The van der Waals surface area contributed by atoms with Crippen molar-refractivity contribution in [3.05, 3.63) is 46.7 Å². The number of benzene rings is 1. The Hall–Kier alpha value is -1.48. The highest BCUT2D eigenvalue weighted by Gasteiger charge is 1.96. The highest BCUT2D eigenvalue weighted by Crippen LogP contribution is 2.16. The Kier molecular flexibility index (Phi) is 3.25. The molecule has 3 heteroatoms. The Labute approximate surface area is 93.7 Å². The van der Waals surface area contributed by atoms with E-state index >= 15 is 0 Å². The van der Waals surface area contributed by atoms with Crippen LogP contribution in [0.5, 0.6) is 0 Å². The molecule has 0 unspecified atom stereocenters. The normalized spacial score (nSPS) is 10.1. The van der Waals surface area contributed by atoms with E-state index in [0.29, 0.717) is 0 Å². The first kappa shape index (κ1) is 10.1. The van der Waals surface area contributed by atoms with Crippen LogP contribution < -0.4 is 11.1 Å². The van der Waals surface area contributed by atoms with Crippen molar-refractivity contribution in [2.45, 2.75) is 6.42 Å². The van der Waals surface area contributed by atoms with Crippen LogP contribution in [0.2, 0.25) is 0 Å². The molecule has 0 spiro atoms. The summed E-state index contributed by atoms with van der Waals surface area (Å²) in [5.74, 6) is 0. The summed E-state index contributed by atoms with van der Waals surface area (Å²) in [5, 5.41) is 7.61. The van der Waals surface area contributed by atoms with Gasteiger partial charge in [0.05, 0.1) is 11.4 Å². The molecular formula is C12H14N2S. The van der Waals surface area contributed by atoms with Crippen LogP contribution >= 0.6 is 11.3 Å². The van der Waals surface area contributed by atoms with Gasteiger partial charge < -0.3 is 11.1 Å². The molecule has 2 nitrogen and oxygen atoms in total. The Morgan fingerprint density at radius 3 is 2.80 bits per heavy atom. The molecule has 0 atom stereocenters. The third-order valence-electron chi connectivity index (χ3n) is 2.27. The first-order chi connectivity index (χ1) is 7.36. The van der Waals surface area contributed by atoms with Gasteiger partial charge in [0.2, 0.25) is 0 Å². The van der Waals surface area contributed by atoms with E-state index in [4.69, 9.17) is 5.73 Å². The molecule has 0 radical (unpaired) electrons. The van der Waals surface area contributed by atoms with Crippen molar-refractivity contribution >= 4 is 22.7 Å². The van der Waals surface area contributed by atoms with Crippen LogP contribution in [0.3, 0.4) is 0 Å². The van der Waals surface area contributed by atoms with Gasteiger partial charge in [-0.2, -0.15) is 11.3 Å².